The number of phenolic OH excluding ortho intramolecular Hbond substituents is 1. The quantitative estimate of drug-likeness (QED) is 0.622. The highest BCUT2D eigenvalue weighted by Crippen LogP contribution is 2.35. The predicted molar refractivity (Wildman–Crippen MR) is 49.5 cm³/mol. The van der Waals surface area contributed by atoms with Crippen molar-refractivity contribution >= 4 is 0 Å². The van der Waals surface area contributed by atoms with Gasteiger partial charge in [-0.2, -0.15) is 0 Å². The van der Waals surface area contributed by atoms with Crippen molar-refractivity contribution in [2.45, 2.75) is 32.1 Å². The molecule has 0 aliphatic heterocycles. The van der Waals surface area contributed by atoms with Crippen LogP contribution in [0, 0.1) is 0 Å². The van der Waals surface area contributed by atoms with Crippen LogP contribution in [0.4, 0.5) is 0 Å². The van der Waals surface area contributed by atoms with E-state index in [4.69, 9.17) is 0 Å². The molecule has 0 bridgehead atoms. The summed E-state index contributed by atoms with van der Waals surface area (Å²) in [6.07, 6.45) is 3.52. The number of phenols is 1. The van der Waals surface area contributed by atoms with Crippen LogP contribution in [0.3, 0.4) is 0 Å². The molecule has 1 heteroatoms. The van der Waals surface area contributed by atoms with Gasteiger partial charge in [-0.1, -0.05) is 19.1 Å². The van der Waals surface area contributed by atoms with Crippen molar-refractivity contribution < 1.29 is 5.11 Å². The third-order valence-corrected chi connectivity index (χ3v) is 2.78. The number of aromatic hydroxyl groups is 1. The topological polar surface area (TPSA) is 20.2 Å². The van der Waals surface area contributed by atoms with Gasteiger partial charge in [0.15, 0.2) is 0 Å². The van der Waals surface area contributed by atoms with Crippen LogP contribution in [0.15, 0.2) is 18.2 Å². The van der Waals surface area contributed by atoms with Crippen molar-refractivity contribution in [2.24, 2.45) is 0 Å². The maximum absolute atomic E-state index is 9.57. The second-order valence-corrected chi connectivity index (χ2v) is 3.64. The summed E-state index contributed by atoms with van der Waals surface area (Å²) in [5.41, 5.74) is 2.53. The Labute approximate surface area is 73.0 Å². The summed E-state index contributed by atoms with van der Waals surface area (Å²) < 4.78 is 0. The Kier molecular flexibility index (Phi) is 1.80. The Morgan fingerprint density at radius 1 is 1.42 bits per heavy atom. The zero-order chi connectivity index (χ0) is 8.55. The maximum atomic E-state index is 9.57. The standard InChI is InChI=1S/C11H14O/c1-8-4-2-6-10-9(8)5-3-7-11(10)12/h3,5,7-8,12H,2,4,6H2,1H3/t8-/m1/s1. The van der Waals surface area contributed by atoms with Crippen LogP contribution >= 0.6 is 0 Å². The number of hydrogen-bond donors (Lipinski definition) is 1. The lowest BCUT2D eigenvalue weighted by Gasteiger charge is -2.22. The molecular weight excluding hydrogens is 148 g/mol. The van der Waals surface area contributed by atoms with Crippen LogP contribution in [-0.2, 0) is 6.42 Å². The summed E-state index contributed by atoms with van der Waals surface area (Å²) in [6, 6.07) is 5.87. The van der Waals surface area contributed by atoms with Gasteiger partial charge in [-0.15, -0.1) is 0 Å². The lowest BCUT2D eigenvalue weighted by molar-refractivity contribution is 0.457. The number of rotatable bonds is 0. The minimum absolute atomic E-state index is 0.485. The molecule has 0 spiro atoms. The smallest absolute Gasteiger partial charge is 0.119 e. The average molecular weight is 162 g/mol. The molecule has 64 valence electrons. The Balaban J connectivity index is 2.52. The van der Waals surface area contributed by atoms with E-state index in [9.17, 15) is 5.11 Å². The van der Waals surface area contributed by atoms with Gasteiger partial charge in [-0.3, -0.25) is 0 Å². The molecule has 0 saturated carbocycles. The monoisotopic (exact) mass is 162 g/mol. The van der Waals surface area contributed by atoms with Crippen molar-refractivity contribution in [3.05, 3.63) is 29.3 Å². The Bertz CT molecular complexity index is 291. The fourth-order valence-corrected chi connectivity index (χ4v) is 2.07. The molecule has 1 N–H and O–H groups in total. The average Bonchev–Trinajstić information content (AvgIpc) is 2.07. The molecule has 2 rings (SSSR count). The first kappa shape index (κ1) is 7.66. The molecule has 0 heterocycles. The van der Waals surface area contributed by atoms with Crippen LogP contribution in [0.25, 0.3) is 0 Å². The normalized spacial score (nSPS) is 21.9. The third-order valence-electron chi connectivity index (χ3n) is 2.78. The number of fused-ring (bicyclic) bond motifs is 1. The van der Waals surface area contributed by atoms with E-state index in [0.29, 0.717) is 11.7 Å². The first-order valence-corrected chi connectivity index (χ1v) is 4.60. The van der Waals surface area contributed by atoms with Crippen LogP contribution in [-0.4, -0.2) is 5.11 Å². The van der Waals surface area contributed by atoms with Crippen molar-refractivity contribution in [1.29, 1.82) is 0 Å². The van der Waals surface area contributed by atoms with E-state index < -0.39 is 0 Å². The van der Waals surface area contributed by atoms with Gasteiger partial charge in [0.05, 0.1) is 0 Å². The molecule has 0 amide bonds. The van der Waals surface area contributed by atoms with Gasteiger partial charge in [0.25, 0.3) is 0 Å². The van der Waals surface area contributed by atoms with Gasteiger partial charge in [0, 0.05) is 0 Å². The van der Waals surface area contributed by atoms with Crippen molar-refractivity contribution in [3.8, 4) is 5.75 Å². The van der Waals surface area contributed by atoms with Gasteiger partial charge < -0.3 is 5.11 Å². The summed E-state index contributed by atoms with van der Waals surface area (Å²) in [7, 11) is 0. The molecule has 0 saturated heterocycles. The van der Waals surface area contributed by atoms with E-state index in [0.717, 1.165) is 6.42 Å². The molecule has 12 heavy (non-hydrogen) atoms. The SMILES string of the molecule is C[C@@H]1CCCc2c(O)cccc21. The van der Waals surface area contributed by atoms with E-state index >= 15 is 0 Å². The molecule has 0 fully saturated rings. The van der Waals surface area contributed by atoms with E-state index in [1.54, 1.807) is 6.07 Å². The van der Waals surface area contributed by atoms with Crippen molar-refractivity contribution in [2.75, 3.05) is 0 Å². The molecule has 1 nitrogen and oxygen atoms in total. The van der Waals surface area contributed by atoms with Crippen molar-refractivity contribution in [3.63, 3.8) is 0 Å². The van der Waals surface area contributed by atoms with E-state index in [-0.39, 0.29) is 0 Å². The Morgan fingerprint density at radius 2 is 2.25 bits per heavy atom. The second-order valence-electron chi connectivity index (χ2n) is 3.64. The van der Waals surface area contributed by atoms with Crippen LogP contribution in [0.2, 0.25) is 0 Å². The third kappa shape index (κ3) is 1.09. The van der Waals surface area contributed by atoms with Gasteiger partial charge in [-0.05, 0) is 42.4 Å². The largest absolute Gasteiger partial charge is 0.508 e. The minimum Gasteiger partial charge on any atom is -0.508 e. The molecule has 1 aromatic rings. The highest BCUT2D eigenvalue weighted by Gasteiger charge is 2.17. The molecule has 1 aromatic carbocycles. The first-order chi connectivity index (χ1) is 5.79. The zero-order valence-corrected chi connectivity index (χ0v) is 7.38. The lowest BCUT2D eigenvalue weighted by atomic mass is 9.84. The molecule has 1 atom stereocenters. The molecular formula is C11H14O. The molecule has 0 aromatic heterocycles. The fraction of sp³-hybridized carbons (Fsp3) is 0.455. The Hall–Kier alpha value is -0.980. The van der Waals surface area contributed by atoms with Crippen molar-refractivity contribution in [1.82, 2.24) is 0 Å². The summed E-state index contributed by atoms with van der Waals surface area (Å²) in [6.45, 7) is 2.23. The van der Waals surface area contributed by atoms with Crippen LogP contribution in [0.5, 0.6) is 5.75 Å². The van der Waals surface area contributed by atoms with E-state index in [1.165, 1.54) is 24.0 Å². The lowest BCUT2D eigenvalue weighted by Crippen LogP contribution is -2.06. The summed E-state index contributed by atoms with van der Waals surface area (Å²) in [5.74, 6) is 1.11. The number of hydrogen-bond acceptors (Lipinski definition) is 1. The highest BCUT2D eigenvalue weighted by molar-refractivity contribution is 5.42. The summed E-state index contributed by atoms with van der Waals surface area (Å²) in [5, 5.41) is 9.57. The fourth-order valence-electron chi connectivity index (χ4n) is 2.07. The van der Waals surface area contributed by atoms with Crippen LogP contribution < -0.4 is 0 Å². The molecule has 0 unspecified atom stereocenters. The minimum atomic E-state index is 0.485. The van der Waals surface area contributed by atoms with Gasteiger partial charge in [-0.25, -0.2) is 0 Å². The molecule has 1 aliphatic carbocycles. The van der Waals surface area contributed by atoms with Gasteiger partial charge in [0.2, 0.25) is 0 Å². The predicted octanol–water partition coefficient (Wildman–Crippen LogP) is 2.83. The van der Waals surface area contributed by atoms with Gasteiger partial charge >= 0.3 is 0 Å². The zero-order valence-electron chi connectivity index (χ0n) is 7.38. The van der Waals surface area contributed by atoms with E-state index in [1.807, 2.05) is 6.07 Å². The van der Waals surface area contributed by atoms with Crippen LogP contribution in [0.1, 0.15) is 36.8 Å². The first-order valence-electron chi connectivity index (χ1n) is 4.60. The summed E-state index contributed by atoms with van der Waals surface area (Å²) in [4.78, 5) is 0. The highest BCUT2D eigenvalue weighted by atomic mass is 16.3. The van der Waals surface area contributed by atoms with E-state index in [2.05, 4.69) is 13.0 Å². The molecule has 1 aliphatic rings. The molecule has 0 radical (unpaired) electrons. The number of benzene rings is 1. The van der Waals surface area contributed by atoms with Gasteiger partial charge in [0.1, 0.15) is 5.75 Å². The maximum Gasteiger partial charge on any atom is 0.119 e. The Morgan fingerprint density at radius 3 is 3.00 bits per heavy atom. The second kappa shape index (κ2) is 2.81. The summed E-state index contributed by atoms with van der Waals surface area (Å²) >= 11 is 0.